The highest BCUT2D eigenvalue weighted by molar-refractivity contribution is 5.89. The Kier molecular flexibility index (Phi) is 8.41. The van der Waals surface area contributed by atoms with E-state index in [1.54, 1.807) is 12.1 Å². The predicted molar refractivity (Wildman–Crippen MR) is 104 cm³/mol. The largest absolute Gasteiger partial charge is 0.465 e. The molecule has 0 bridgehead atoms. The average molecular weight is 361 g/mol. The molecule has 1 aromatic carbocycles. The van der Waals surface area contributed by atoms with Crippen molar-refractivity contribution in [1.82, 2.24) is 10.2 Å². The Bertz CT molecular complexity index is 582. The highest BCUT2D eigenvalue weighted by Crippen LogP contribution is 2.28. The number of benzene rings is 1. The molecule has 6 heteroatoms. The van der Waals surface area contributed by atoms with E-state index < -0.39 is 0 Å². The van der Waals surface area contributed by atoms with Gasteiger partial charge in [-0.05, 0) is 49.8 Å². The maximum Gasteiger partial charge on any atom is 0.337 e. The molecule has 0 unspecified atom stereocenters. The fourth-order valence-electron chi connectivity index (χ4n) is 2.53. The first-order valence-electron chi connectivity index (χ1n) is 9.38. The number of hydrogen-bond acceptors (Lipinski definition) is 4. The topological polar surface area (TPSA) is 63.2 Å². The zero-order valence-electron chi connectivity index (χ0n) is 16.2. The molecule has 0 spiro atoms. The van der Waals surface area contributed by atoms with E-state index >= 15 is 0 Å². The minimum absolute atomic E-state index is 0.311. The summed E-state index contributed by atoms with van der Waals surface area (Å²) < 4.78 is 10.4. The smallest absolute Gasteiger partial charge is 0.337 e. The molecule has 144 valence electrons. The van der Waals surface area contributed by atoms with Crippen LogP contribution in [0.2, 0.25) is 0 Å². The van der Waals surface area contributed by atoms with Crippen molar-refractivity contribution in [3.8, 4) is 0 Å². The molecule has 1 fully saturated rings. The quantitative estimate of drug-likeness (QED) is 0.300. The van der Waals surface area contributed by atoms with Crippen molar-refractivity contribution in [1.29, 1.82) is 0 Å². The van der Waals surface area contributed by atoms with Gasteiger partial charge in [0.15, 0.2) is 5.96 Å². The number of carbonyl (C=O) groups excluding carboxylic acids is 1. The maximum atomic E-state index is 11.5. The van der Waals surface area contributed by atoms with E-state index in [1.807, 2.05) is 19.2 Å². The summed E-state index contributed by atoms with van der Waals surface area (Å²) in [5, 5.41) is 3.32. The second-order valence-electron chi connectivity index (χ2n) is 6.61. The van der Waals surface area contributed by atoms with Crippen LogP contribution in [0.1, 0.15) is 35.7 Å². The van der Waals surface area contributed by atoms with Crippen LogP contribution >= 0.6 is 0 Å². The Hall–Kier alpha value is -2.08. The number of esters is 1. The number of nitrogens with zero attached hydrogens (tertiary/aromatic N) is 2. The fourth-order valence-corrected chi connectivity index (χ4v) is 2.53. The van der Waals surface area contributed by atoms with E-state index in [9.17, 15) is 4.79 Å². The first-order chi connectivity index (χ1) is 12.6. The van der Waals surface area contributed by atoms with Crippen LogP contribution in [0.4, 0.5) is 0 Å². The molecule has 6 nitrogen and oxygen atoms in total. The first kappa shape index (κ1) is 20.2. The van der Waals surface area contributed by atoms with Crippen molar-refractivity contribution >= 4 is 11.9 Å². The Morgan fingerprint density at radius 1 is 1.31 bits per heavy atom. The van der Waals surface area contributed by atoms with Gasteiger partial charge in [-0.25, -0.2) is 4.79 Å². The van der Waals surface area contributed by atoms with Gasteiger partial charge in [0.05, 0.1) is 19.3 Å². The van der Waals surface area contributed by atoms with E-state index in [0.717, 1.165) is 50.2 Å². The summed E-state index contributed by atoms with van der Waals surface area (Å²) >= 11 is 0. The van der Waals surface area contributed by atoms with E-state index in [1.165, 1.54) is 20.0 Å². The Morgan fingerprint density at radius 3 is 2.65 bits per heavy atom. The molecule has 0 atom stereocenters. The predicted octanol–water partition coefficient (Wildman–Crippen LogP) is 2.34. The molecular weight excluding hydrogens is 330 g/mol. The third-order valence-electron chi connectivity index (χ3n) is 4.36. The van der Waals surface area contributed by atoms with Crippen LogP contribution in [0.25, 0.3) is 0 Å². The molecule has 1 N–H and O–H groups in total. The molecule has 0 radical (unpaired) electrons. The molecule has 0 aromatic heterocycles. The van der Waals surface area contributed by atoms with Gasteiger partial charge >= 0.3 is 5.97 Å². The normalized spacial score (nSPS) is 14.2. The summed E-state index contributed by atoms with van der Waals surface area (Å²) in [5.41, 5.74) is 1.71. The molecule has 1 aliphatic rings. The maximum absolute atomic E-state index is 11.5. The van der Waals surface area contributed by atoms with Gasteiger partial charge in [0.2, 0.25) is 0 Å². The summed E-state index contributed by atoms with van der Waals surface area (Å²) in [6.07, 6.45) is 3.46. The van der Waals surface area contributed by atoms with Gasteiger partial charge in [-0.3, -0.25) is 4.99 Å². The van der Waals surface area contributed by atoms with Crippen molar-refractivity contribution in [2.75, 3.05) is 47.0 Å². The average Bonchev–Trinajstić information content (AvgIpc) is 3.48. The molecule has 0 aliphatic heterocycles. The number of nitrogens with one attached hydrogen (secondary N) is 1. The Balaban J connectivity index is 1.78. The van der Waals surface area contributed by atoms with Crippen molar-refractivity contribution in [3.63, 3.8) is 0 Å². The second-order valence-corrected chi connectivity index (χ2v) is 6.61. The second kappa shape index (κ2) is 10.8. The third kappa shape index (κ3) is 7.04. The van der Waals surface area contributed by atoms with Crippen molar-refractivity contribution < 1.29 is 14.3 Å². The van der Waals surface area contributed by atoms with Crippen molar-refractivity contribution in [2.24, 2.45) is 10.9 Å². The van der Waals surface area contributed by atoms with Gasteiger partial charge in [-0.1, -0.05) is 12.1 Å². The Morgan fingerprint density at radius 2 is 2.04 bits per heavy atom. The number of ether oxygens (including phenoxy) is 2. The number of likely N-dealkylation sites (N-methyl/N-ethyl adjacent to an activating group) is 1. The summed E-state index contributed by atoms with van der Waals surface area (Å²) in [4.78, 5) is 18.3. The SMILES string of the molecule is CCNC(=NCCc1ccc(C(=O)OC)cc1)N(C)CCOCC1CC1. The van der Waals surface area contributed by atoms with Crippen molar-refractivity contribution in [3.05, 3.63) is 35.4 Å². The molecule has 1 aliphatic carbocycles. The van der Waals surface area contributed by atoms with Gasteiger partial charge in [-0.2, -0.15) is 0 Å². The number of rotatable bonds is 10. The lowest BCUT2D eigenvalue weighted by Crippen LogP contribution is -2.40. The molecule has 0 saturated heterocycles. The van der Waals surface area contributed by atoms with E-state index in [2.05, 4.69) is 17.1 Å². The number of carbonyl (C=O) groups is 1. The van der Waals surface area contributed by atoms with Crippen molar-refractivity contribution in [2.45, 2.75) is 26.2 Å². The molecule has 1 aromatic rings. The molecular formula is C20H31N3O3. The number of methoxy groups -OCH3 is 1. The third-order valence-corrected chi connectivity index (χ3v) is 4.36. The van der Waals surface area contributed by atoms with Crippen LogP contribution < -0.4 is 5.32 Å². The Labute approximate surface area is 156 Å². The zero-order chi connectivity index (χ0) is 18.8. The highest BCUT2D eigenvalue weighted by Gasteiger charge is 2.21. The molecule has 1 saturated carbocycles. The monoisotopic (exact) mass is 361 g/mol. The summed E-state index contributed by atoms with van der Waals surface area (Å²) in [6, 6.07) is 7.48. The van der Waals surface area contributed by atoms with Crippen LogP contribution in [0, 0.1) is 5.92 Å². The van der Waals surface area contributed by atoms with Crippen LogP contribution in [-0.2, 0) is 15.9 Å². The lowest BCUT2D eigenvalue weighted by molar-refractivity contribution is 0.0600. The lowest BCUT2D eigenvalue weighted by atomic mass is 10.1. The number of aliphatic imine (C=N–C) groups is 1. The minimum Gasteiger partial charge on any atom is -0.465 e. The number of hydrogen-bond donors (Lipinski definition) is 1. The van der Waals surface area contributed by atoms with E-state index in [4.69, 9.17) is 14.5 Å². The molecule has 2 rings (SSSR count). The van der Waals surface area contributed by atoms with Crippen LogP contribution in [0.3, 0.4) is 0 Å². The zero-order valence-corrected chi connectivity index (χ0v) is 16.2. The fraction of sp³-hybridized carbons (Fsp3) is 0.600. The van der Waals surface area contributed by atoms with E-state index in [-0.39, 0.29) is 5.97 Å². The molecule has 0 heterocycles. The molecule has 0 amide bonds. The lowest BCUT2D eigenvalue weighted by Gasteiger charge is -2.22. The van der Waals surface area contributed by atoms with Crippen LogP contribution in [0.5, 0.6) is 0 Å². The minimum atomic E-state index is -0.311. The van der Waals surface area contributed by atoms with Gasteiger partial charge < -0.3 is 19.7 Å². The summed E-state index contributed by atoms with van der Waals surface area (Å²) in [7, 11) is 3.42. The highest BCUT2D eigenvalue weighted by atomic mass is 16.5. The van der Waals surface area contributed by atoms with Crippen LogP contribution in [0.15, 0.2) is 29.3 Å². The van der Waals surface area contributed by atoms with E-state index in [0.29, 0.717) is 12.1 Å². The van der Waals surface area contributed by atoms with Gasteiger partial charge in [-0.15, -0.1) is 0 Å². The van der Waals surface area contributed by atoms with Gasteiger partial charge in [0.1, 0.15) is 0 Å². The summed E-state index contributed by atoms with van der Waals surface area (Å²) in [6.45, 7) is 6.04. The van der Waals surface area contributed by atoms with Crippen LogP contribution in [-0.4, -0.2) is 63.8 Å². The summed E-state index contributed by atoms with van der Waals surface area (Å²) in [5.74, 6) is 1.39. The molecule has 26 heavy (non-hydrogen) atoms. The van der Waals surface area contributed by atoms with Gasteiger partial charge in [0.25, 0.3) is 0 Å². The number of guanidine groups is 1. The first-order valence-corrected chi connectivity index (χ1v) is 9.38. The standard InChI is InChI=1S/C20H31N3O3/c1-4-21-20(23(2)13-14-26-15-17-5-6-17)22-12-11-16-7-9-18(10-8-16)19(24)25-3/h7-10,17H,4-6,11-15H2,1-3H3,(H,21,22). The van der Waals surface area contributed by atoms with Gasteiger partial charge in [0, 0.05) is 33.3 Å².